The van der Waals surface area contributed by atoms with E-state index in [9.17, 15) is 0 Å². The van der Waals surface area contributed by atoms with Crippen molar-refractivity contribution in [3.05, 3.63) is 30.1 Å². The van der Waals surface area contributed by atoms with E-state index in [1.54, 1.807) is 0 Å². The molecule has 1 aliphatic heterocycles. The van der Waals surface area contributed by atoms with Crippen molar-refractivity contribution >= 4 is 0 Å². The van der Waals surface area contributed by atoms with Crippen LogP contribution in [0.4, 0.5) is 0 Å². The van der Waals surface area contributed by atoms with Gasteiger partial charge in [0, 0.05) is 31.0 Å². The molecule has 0 amide bonds. The zero-order valence-corrected chi connectivity index (χ0v) is 9.43. The van der Waals surface area contributed by atoms with Crippen LogP contribution in [-0.4, -0.2) is 28.5 Å². The van der Waals surface area contributed by atoms with E-state index in [1.807, 2.05) is 12.4 Å². The summed E-state index contributed by atoms with van der Waals surface area (Å²) >= 11 is 0. The molecule has 0 bridgehead atoms. The Labute approximate surface area is 91.3 Å². The lowest BCUT2D eigenvalue weighted by atomic mass is 10.0. The van der Waals surface area contributed by atoms with Crippen molar-refractivity contribution in [1.29, 1.82) is 0 Å². The van der Waals surface area contributed by atoms with Crippen LogP contribution in [0.25, 0.3) is 0 Å². The molecule has 2 heterocycles. The molecule has 2 unspecified atom stereocenters. The summed E-state index contributed by atoms with van der Waals surface area (Å²) in [7, 11) is 0. The van der Waals surface area contributed by atoms with Gasteiger partial charge in [0.25, 0.3) is 0 Å². The fourth-order valence-corrected chi connectivity index (χ4v) is 2.42. The van der Waals surface area contributed by atoms with Gasteiger partial charge in [-0.1, -0.05) is 0 Å². The van der Waals surface area contributed by atoms with Crippen molar-refractivity contribution in [2.24, 2.45) is 5.73 Å². The van der Waals surface area contributed by atoms with E-state index in [1.165, 1.54) is 5.56 Å². The molecule has 1 aliphatic rings. The normalized spacial score (nSPS) is 27.5. The van der Waals surface area contributed by atoms with E-state index in [0.29, 0.717) is 12.1 Å². The molecule has 0 saturated carbocycles. The molecule has 3 heteroatoms. The van der Waals surface area contributed by atoms with Gasteiger partial charge in [-0.05, 0) is 38.0 Å². The number of nitrogens with zero attached hydrogens (tertiary/aromatic N) is 2. The second-order valence-electron chi connectivity index (χ2n) is 4.51. The Bertz CT molecular complexity index is 310. The van der Waals surface area contributed by atoms with Crippen LogP contribution in [0.1, 0.15) is 31.9 Å². The van der Waals surface area contributed by atoms with Crippen molar-refractivity contribution in [3.8, 4) is 0 Å². The fourth-order valence-electron chi connectivity index (χ4n) is 2.42. The Balaban J connectivity index is 2.25. The predicted molar refractivity (Wildman–Crippen MR) is 61.4 cm³/mol. The van der Waals surface area contributed by atoms with Gasteiger partial charge in [0.2, 0.25) is 0 Å². The highest BCUT2D eigenvalue weighted by Gasteiger charge is 2.33. The first-order valence-electron chi connectivity index (χ1n) is 5.61. The highest BCUT2D eigenvalue weighted by atomic mass is 15.2. The summed E-state index contributed by atoms with van der Waals surface area (Å²) in [5.74, 6) is 0. The summed E-state index contributed by atoms with van der Waals surface area (Å²) < 4.78 is 0. The summed E-state index contributed by atoms with van der Waals surface area (Å²) in [6.45, 7) is 5.56. The minimum atomic E-state index is 0.259. The van der Waals surface area contributed by atoms with E-state index < -0.39 is 0 Å². The molecule has 1 fully saturated rings. The second-order valence-corrected chi connectivity index (χ2v) is 4.51. The maximum atomic E-state index is 6.18. The van der Waals surface area contributed by atoms with Gasteiger partial charge >= 0.3 is 0 Å². The standard InChI is InChI=1S/C12H19N3/c1-9(2)15-8-5-11(13)12(15)10-3-6-14-7-4-10/h3-4,6-7,9,11-12H,5,8,13H2,1-2H3. The van der Waals surface area contributed by atoms with Gasteiger partial charge < -0.3 is 5.73 Å². The topological polar surface area (TPSA) is 42.1 Å². The minimum absolute atomic E-state index is 0.259. The van der Waals surface area contributed by atoms with E-state index >= 15 is 0 Å². The lowest BCUT2D eigenvalue weighted by molar-refractivity contribution is 0.198. The highest BCUT2D eigenvalue weighted by Crippen LogP contribution is 2.32. The quantitative estimate of drug-likeness (QED) is 0.796. The largest absolute Gasteiger partial charge is 0.326 e. The molecule has 3 nitrogen and oxygen atoms in total. The summed E-state index contributed by atoms with van der Waals surface area (Å²) in [5, 5.41) is 0. The molecule has 0 aromatic carbocycles. The van der Waals surface area contributed by atoms with Crippen LogP contribution in [0.15, 0.2) is 24.5 Å². The molecule has 1 saturated heterocycles. The molecule has 2 rings (SSSR count). The van der Waals surface area contributed by atoms with E-state index in [2.05, 4.69) is 35.9 Å². The van der Waals surface area contributed by atoms with Crippen molar-refractivity contribution in [2.45, 2.75) is 38.4 Å². The number of hydrogen-bond acceptors (Lipinski definition) is 3. The van der Waals surface area contributed by atoms with Crippen LogP contribution in [0.5, 0.6) is 0 Å². The lowest BCUT2D eigenvalue weighted by Gasteiger charge is -2.30. The van der Waals surface area contributed by atoms with Crippen molar-refractivity contribution in [3.63, 3.8) is 0 Å². The number of likely N-dealkylation sites (tertiary alicyclic amines) is 1. The Morgan fingerprint density at radius 1 is 1.40 bits per heavy atom. The molecule has 2 N–H and O–H groups in total. The summed E-state index contributed by atoms with van der Waals surface area (Å²) in [6, 6.07) is 5.33. The maximum Gasteiger partial charge on any atom is 0.0503 e. The highest BCUT2D eigenvalue weighted by molar-refractivity contribution is 5.19. The van der Waals surface area contributed by atoms with Gasteiger partial charge in [-0.3, -0.25) is 9.88 Å². The van der Waals surface area contributed by atoms with Crippen molar-refractivity contribution in [1.82, 2.24) is 9.88 Å². The van der Waals surface area contributed by atoms with Gasteiger partial charge in [-0.15, -0.1) is 0 Å². The van der Waals surface area contributed by atoms with Crippen LogP contribution in [-0.2, 0) is 0 Å². The number of rotatable bonds is 2. The SMILES string of the molecule is CC(C)N1CCC(N)C1c1ccncc1. The van der Waals surface area contributed by atoms with E-state index in [-0.39, 0.29) is 6.04 Å². The first-order chi connectivity index (χ1) is 7.20. The molecule has 1 aromatic heterocycles. The van der Waals surface area contributed by atoms with Gasteiger partial charge in [0.05, 0.1) is 6.04 Å². The number of aromatic nitrogens is 1. The third kappa shape index (κ3) is 2.03. The maximum absolute atomic E-state index is 6.18. The zero-order valence-electron chi connectivity index (χ0n) is 9.43. The average Bonchev–Trinajstić information content (AvgIpc) is 2.61. The Morgan fingerprint density at radius 2 is 2.07 bits per heavy atom. The number of hydrogen-bond donors (Lipinski definition) is 1. The summed E-state index contributed by atoms with van der Waals surface area (Å²) in [4.78, 5) is 6.52. The van der Waals surface area contributed by atoms with Gasteiger partial charge in [0.1, 0.15) is 0 Å². The lowest BCUT2D eigenvalue weighted by Crippen LogP contribution is -2.35. The second kappa shape index (κ2) is 4.29. The van der Waals surface area contributed by atoms with Crippen LogP contribution >= 0.6 is 0 Å². The summed E-state index contributed by atoms with van der Waals surface area (Å²) in [5.41, 5.74) is 7.47. The smallest absolute Gasteiger partial charge is 0.0503 e. The van der Waals surface area contributed by atoms with Crippen LogP contribution in [0, 0.1) is 0 Å². The zero-order chi connectivity index (χ0) is 10.8. The molecule has 0 radical (unpaired) electrons. The van der Waals surface area contributed by atoms with Gasteiger partial charge in [-0.25, -0.2) is 0 Å². The number of pyridine rings is 1. The molecule has 2 atom stereocenters. The molecule has 0 spiro atoms. The average molecular weight is 205 g/mol. The first-order valence-corrected chi connectivity index (χ1v) is 5.61. The fraction of sp³-hybridized carbons (Fsp3) is 0.583. The molecule has 1 aromatic rings. The van der Waals surface area contributed by atoms with Crippen molar-refractivity contribution < 1.29 is 0 Å². The molecule has 82 valence electrons. The van der Waals surface area contributed by atoms with Crippen LogP contribution in [0.2, 0.25) is 0 Å². The van der Waals surface area contributed by atoms with E-state index in [4.69, 9.17) is 5.73 Å². The monoisotopic (exact) mass is 205 g/mol. The summed E-state index contributed by atoms with van der Waals surface area (Å²) in [6.07, 6.45) is 4.78. The third-order valence-corrected chi connectivity index (χ3v) is 3.19. The molecule has 0 aliphatic carbocycles. The van der Waals surface area contributed by atoms with Crippen LogP contribution in [0.3, 0.4) is 0 Å². The Morgan fingerprint density at radius 3 is 2.67 bits per heavy atom. The van der Waals surface area contributed by atoms with Gasteiger partial charge in [-0.2, -0.15) is 0 Å². The predicted octanol–water partition coefficient (Wildman–Crippen LogP) is 1.56. The third-order valence-electron chi connectivity index (χ3n) is 3.19. The van der Waals surface area contributed by atoms with E-state index in [0.717, 1.165) is 13.0 Å². The Hall–Kier alpha value is -0.930. The number of nitrogens with two attached hydrogens (primary N) is 1. The molecular weight excluding hydrogens is 186 g/mol. The molecular formula is C12H19N3. The van der Waals surface area contributed by atoms with Gasteiger partial charge in [0.15, 0.2) is 0 Å². The molecule has 15 heavy (non-hydrogen) atoms. The first kappa shape index (κ1) is 10.6. The van der Waals surface area contributed by atoms with Crippen molar-refractivity contribution in [2.75, 3.05) is 6.54 Å². The van der Waals surface area contributed by atoms with Crippen LogP contribution < -0.4 is 5.73 Å². The minimum Gasteiger partial charge on any atom is -0.326 e. The Kier molecular flexibility index (Phi) is 3.03.